The monoisotopic (exact) mass is 280 g/mol. The molecule has 2 aromatic heterocycles. The van der Waals surface area contributed by atoms with Gasteiger partial charge in [0.05, 0.1) is 0 Å². The first-order valence-electron chi connectivity index (χ1n) is 6.06. The average molecular weight is 280 g/mol. The van der Waals surface area contributed by atoms with Gasteiger partial charge >= 0.3 is 5.97 Å². The maximum atomic E-state index is 10.4. The quantitative estimate of drug-likeness (QED) is 0.772. The van der Waals surface area contributed by atoms with Crippen LogP contribution in [0.5, 0.6) is 0 Å². The van der Waals surface area contributed by atoms with Gasteiger partial charge in [-0.3, -0.25) is 4.79 Å². The van der Waals surface area contributed by atoms with Crippen LogP contribution in [0.25, 0.3) is 0 Å². The van der Waals surface area contributed by atoms with E-state index in [2.05, 4.69) is 29.6 Å². The molecule has 18 heavy (non-hydrogen) atoms. The van der Waals surface area contributed by atoms with Crippen LogP contribution in [0, 0.1) is 0 Å². The lowest BCUT2D eigenvalue weighted by molar-refractivity contribution is -0.137. The van der Waals surface area contributed by atoms with Crippen molar-refractivity contribution >= 4 is 28.6 Å². The standard InChI is InChI=1S/C14H16O2S2/c15-14(16)6-2-1-4-11-7-8-13(18-11)10-12-5-3-9-17-12/h3,5,7-9H,1-2,4,6,10H2,(H,15,16). The minimum Gasteiger partial charge on any atom is -0.481 e. The molecule has 0 atom stereocenters. The van der Waals surface area contributed by atoms with Crippen molar-refractivity contribution in [2.45, 2.75) is 32.1 Å². The van der Waals surface area contributed by atoms with Crippen molar-refractivity contribution < 1.29 is 9.90 Å². The SMILES string of the molecule is O=C(O)CCCCc1ccc(Cc2cccs2)s1. The van der Waals surface area contributed by atoms with Gasteiger partial charge in [0, 0.05) is 27.5 Å². The lowest BCUT2D eigenvalue weighted by atomic mass is 10.2. The number of rotatable bonds is 7. The van der Waals surface area contributed by atoms with Gasteiger partial charge in [-0.05, 0) is 42.8 Å². The fourth-order valence-electron chi connectivity index (χ4n) is 1.81. The van der Waals surface area contributed by atoms with Gasteiger partial charge in [-0.2, -0.15) is 0 Å². The molecule has 4 heteroatoms. The molecule has 0 aliphatic carbocycles. The number of carboxylic acid groups (broad SMARTS) is 1. The molecule has 0 aromatic carbocycles. The van der Waals surface area contributed by atoms with E-state index in [1.54, 1.807) is 11.3 Å². The summed E-state index contributed by atoms with van der Waals surface area (Å²) in [7, 11) is 0. The molecular formula is C14H16O2S2. The van der Waals surface area contributed by atoms with Crippen LogP contribution >= 0.6 is 22.7 Å². The van der Waals surface area contributed by atoms with E-state index in [4.69, 9.17) is 5.11 Å². The van der Waals surface area contributed by atoms with Crippen LogP contribution in [0.15, 0.2) is 29.6 Å². The fourth-order valence-corrected chi connectivity index (χ4v) is 3.71. The first-order valence-corrected chi connectivity index (χ1v) is 7.75. The number of aliphatic carboxylic acids is 1. The molecule has 0 spiro atoms. The first-order chi connectivity index (χ1) is 8.74. The van der Waals surface area contributed by atoms with E-state index in [0.717, 1.165) is 25.7 Å². The molecule has 0 saturated carbocycles. The molecule has 2 rings (SSSR count). The van der Waals surface area contributed by atoms with Crippen molar-refractivity contribution in [2.75, 3.05) is 0 Å². The zero-order chi connectivity index (χ0) is 12.8. The van der Waals surface area contributed by atoms with E-state index < -0.39 is 5.97 Å². The summed E-state index contributed by atoms with van der Waals surface area (Å²) >= 11 is 3.64. The normalized spacial score (nSPS) is 10.7. The Kier molecular flexibility index (Phi) is 4.96. The summed E-state index contributed by atoms with van der Waals surface area (Å²) in [6.45, 7) is 0. The fraction of sp³-hybridized carbons (Fsp3) is 0.357. The Hall–Kier alpha value is -1.13. The molecule has 96 valence electrons. The molecule has 0 fully saturated rings. The maximum Gasteiger partial charge on any atom is 0.303 e. The van der Waals surface area contributed by atoms with Gasteiger partial charge < -0.3 is 5.11 Å². The largest absolute Gasteiger partial charge is 0.481 e. The molecule has 0 radical (unpaired) electrons. The van der Waals surface area contributed by atoms with Crippen molar-refractivity contribution in [3.63, 3.8) is 0 Å². The summed E-state index contributed by atoms with van der Waals surface area (Å²) < 4.78 is 0. The van der Waals surface area contributed by atoms with Crippen molar-refractivity contribution in [1.82, 2.24) is 0 Å². The molecule has 0 saturated heterocycles. The number of aryl methyl sites for hydroxylation is 1. The lowest BCUT2D eigenvalue weighted by Crippen LogP contribution is -1.94. The second-order valence-electron chi connectivity index (χ2n) is 4.23. The van der Waals surface area contributed by atoms with Gasteiger partial charge in [0.2, 0.25) is 0 Å². The van der Waals surface area contributed by atoms with Crippen molar-refractivity contribution in [3.05, 3.63) is 44.3 Å². The molecule has 2 heterocycles. The Bertz CT molecular complexity index is 486. The second-order valence-corrected chi connectivity index (χ2v) is 6.51. The third-order valence-electron chi connectivity index (χ3n) is 2.71. The van der Waals surface area contributed by atoms with Crippen molar-refractivity contribution in [3.8, 4) is 0 Å². The maximum absolute atomic E-state index is 10.4. The molecule has 0 amide bonds. The molecular weight excluding hydrogens is 264 g/mol. The lowest BCUT2D eigenvalue weighted by Gasteiger charge is -1.96. The van der Waals surface area contributed by atoms with E-state index in [0.29, 0.717) is 0 Å². The van der Waals surface area contributed by atoms with Gasteiger partial charge in [-0.1, -0.05) is 6.07 Å². The van der Waals surface area contributed by atoms with Gasteiger partial charge in [0.15, 0.2) is 0 Å². The first kappa shape index (κ1) is 13.3. The van der Waals surface area contributed by atoms with Crippen LogP contribution in [0.2, 0.25) is 0 Å². The van der Waals surface area contributed by atoms with Crippen LogP contribution in [-0.2, 0) is 17.6 Å². The number of hydrogen-bond donors (Lipinski definition) is 1. The van der Waals surface area contributed by atoms with E-state index in [1.807, 2.05) is 11.3 Å². The Morgan fingerprint density at radius 1 is 1.11 bits per heavy atom. The number of hydrogen-bond acceptors (Lipinski definition) is 3. The summed E-state index contributed by atoms with van der Waals surface area (Å²) in [5.74, 6) is -0.695. The van der Waals surface area contributed by atoms with Crippen molar-refractivity contribution in [2.24, 2.45) is 0 Å². The van der Waals surface area contributed by atoms with Crippen LogP contribution in [0.4, 0.5) is 0 Å². The van der Waals surface area contributed by atoms with Crippen LogP contribution in [0.3, 0.4) is 0 Å². The van der Waals surface area contributed by atoms with E-state index in [9.17, 15) is 4.79 Å². The topological polar surface area (TPSA) is 37.3 Å². The third-order valence-corrected chi connectivity index (χ3v) is 4.73. The minimum absolute atomic E-state index is 0.285. The zero-order valence-electron chi connectivity index (χ0n) is 10.1. The summed E-state index contributed by atoms with van der Waals surface area (Å²) in [4.78, 5) is 14.6. The van der Waals surface area contributed by atoms with Crippen LogP contribution in [-0.4, -0.2) is 11.1 Å². The number of thiophene rings is 2. The molecule has 2 nitrogen and oxygen atoms in total. The van der Waals surface area contributed by atoms with Crippen LogP contribution < -0.4 is 0 Å². The summed E-state index contributed by atoms with van der Waals surface area (Å²) in [6.07, 6.45) is 4.05. The predicted octanol–water partition coefficient (Wildman–Crippen LogP) is 4.20. The highest BCUT2D eigenvalue weighted by atomic mass is 32.1. The van der Waals surface area contributed by atoms with Gasteiger partial charge in [0.1, 0.15) is 0 Å². The molecule has 1 N–H and O–H groups in total. The number of carboxylic acids is 1. The van der Waals surface area contributed by atoms with Gasteiger partial charge in [-0.15, -0.1) is 22.7 Å². The Morgan fingerprint density at radius 3 is 2.67 bits per heavy atom. The molecule has 0 bridgehead atoms. The van der Waals surface area contributed by atoms with E-state index >= 15 is 0 Å². The van der Waals surface area contributed by atoms with Gasteiger partial charge in [-0.25, -0.2) is 0 Å². The zero-order valence-corrected chi connectivity index (χ0v) is 11.7. The van der Waals surface area contributed by atoms with E-state index in [1.165, 1.54) is 14.6 Å². The smallest absolute Gasteiger partial charge is 0.303 e. The number of carbonyl (C=O) groups is 1. The molecule has 0 aliphatic rings. The van der Waals surface area contributed by atoms with Gasteiger partial charge in [0.25, 0.3) is 0 Å². The van der Waals surface area contributed by atoms with Crippen molar-refractivity contribution in [1.29, 1.82) is 0 Å². The predicted molar refractivity (Wildman–Crippen MR) is 76.6 cm³/mol. The Morgan fingerprint density at radius 2 is 1.94 bits per heavy atom. The Balaban J connectivity index is 1.77. The molecule has 0 aliphatic heterocycles. The second kappa shape index (κ2) is 6.71. The minimum atomic E-state index is -0.695. The summed E-state index contributed by atoms with van der Waals surface area (Å²) in [6, 6.07) is 8.61. The highest BCUT2D eigenvalue weighted by Gasteiger charge is 2.03. The van der Waals surface area contributed by atoms with Crippen LogP contribution in [0.1, 0.15) is 33.9 Å². The van der Waals surface area contributed by atoms with E-state index in [-0.39, 0.29) is 6.42 Å². The third kappa shape index (κ3) is 4.27. The summed E-state index contributed by atoms with van der Waals surface area (Å²) in [5, 5.41) is 10.7. The molecule has 2 aromatic rings. The Labute approximate surface area is 115 Å². The summed E-state index contributed by atoms with van der Waals surface area (Å²) in [5.41, 5.74) is 0. The average Bonchev–Trinajstić information content (AvgIpc) is 2.97. The highest BCUT2D eigenvalue weighted by Crippen LogP contribution is 2.23. The number of unbranched alkanes of at least 4 members (excludes halogenated alkanes) is 1. The molecule has 0 unspecified atom stereocenters. The highest BCUT2D eigenvalue weighted by molar-refractivity contribution is 7.12.